The summed E-state index contributed by atoms with van der Waals surface area (Å²) in [6.07, 6.45) is 0.719. The highest BCUT2D eigenvalue weighted by atomic mass is 19.1. The standard InChI is InChI=1S/C13H18FNO4/c1-18-4-2-3-15-13(17)9-19-12-6-10(8-16)5-11(14)7-12/h5-7,16H,2-4,8-9H2,1H3,(H,15,17). The number of methoxy groups -OCH3 is 1. The normalized spacial score (nSPS) is 10.3. The number of ether oxygens (including phenoxy) is 2. The van der Waals surface area contributed by atoms with Crippen LogP contribution < -0.4 is 10.1 Å². The fourth-order valence-corrected chi connectivity index (χ4v) is 1.44. The molecule has 0 fully saturated rings. The van der Waals surface area contributed by atoms with E-state index in [1.165, 1.54) is 12.1 Å². The van der Waals surface area contributed by atoms with E-state index in [-0.39, 0.29) is 24.9 Å². The van der Waals surface area contributed by atoms with Gasteiger partial charge in [0.25, 0.3) is 5.91 Å². The summed E-state index contributed by atoms with van der Waals surface area (Å²) in [7, 11) is 1.59. The van der Waals surface area contributed by atoms with Crippen LogP contribution in [-0.2, 0) is 16.1 Å². The lowest BCUT2D eigenvalue weighted by molar-refractivity contribution is -0.123. The van der Waals surface area contributed by atoms with Gasteiger partial charge in [-0.1, -0.05) is 0 Å². The molecule has 19 heavy (non-hydrogen) atoms. The third-order valence-corrected chi connectivity index (χ3v) is 2.33. The van der Waals surface area contributed by atoms with Gasteiger partial charge in [0.05, 0.1) is 6.61 Å². The molecule has 1 aromatic carbocycles. The third-order valence-electron chi connectivity index (χ3n) is 2.33. The zero-order valence-electron chi connectivity index (χ0n) is 10.8. The first kappa shape index (κ1) is 15.4. The van der Waals surface area contributed by atoms with E-state index in [2.05, 4.69) is 5.32 Å². The topological polar surface area (TPSA) is 67.8 Å². The fraction of sp³-hybridized carbons (Fsp3) is 0.462. The Kier molecular flexibility index (Phi) is 6.84. The molecule has 0 aromatic heterocycles. The van der Waals surface area contributed by atoms with Crippen molar-refractivity contribution in [2.45, 2.75) is 13.0 Å². The Hall–Kier alpha value is -1.66. The molecule has 2 N–H and O–H groups in total. The molecule has 0 saturated carbocycles. The summed E-state index contributed by atoms with van der Waals surface area (Å²) < 4.78 is 23.1. The van der Waals surface area contributed by atoms with Gasteiger partial charge in [0.1, 0.15) is 11.6 Å². The third kappa shape index (κ3) is 6.17. The van der Waals surface area contributed by atoms with Crippen molar-refractivity contribution in [2.75, 3.05) is 26.9 Å². The summed E-state index contributed by atoms with van der Waals surface area (Å²) in [5.41, 5.74) is 0.399. The number of amides is 1. The van der Waals surface area contributed by atoms with Gasteiger partial charge >= 0.3 is 0 Å². The predicted molar refractivity (Wildman–Crippen MR) is 67.3 cm³/mol. The van der Waals surface area contributed by atoms with E-state index in [1.807, 2.05) is 0 Å². The van der Waals surface area contributed by atoms with Gasteiger partial charge in [-0.15, -0.1) is 0 Å². The van der Waals surface area contributed by atoms with E-state index >= 15 is 0 Å². The zero-order chi connectivity index (χ0) is 14.1. The first-order chi connectivity index (χ1) is 9.15. The highest BCUT2D eigenvalue weighted by Gasteiger charge is 2.05. The predicted octanol–water partition coefficient (Wildman–Crippen LogP) is 0.849. The lowest BCUT2D eigenvalue weighted by Crippen LogP contribution is -2.30. The summed E-state index contributed by atoms with van der Waals surface area (Å²) in [5.74, 6) is -0.580. The number of nitrogens with one attached hydrogen (secondary N) is 1. The Bertz CT molecular complexity index is 412. The number of aliphatic hydroxyl groups excluding tert-OH is 1. The van der Waals surface area contributed by atoms with Gasteiger partial charge in [0.15, 0.2) is 6.61 Å². The van der Waals surface area contributed by atoms with Crippen LogP contribution >= 0.6 is 0 Å². The Morgan fingerprint density at radius 1 is 1.42 bits per heavy atom. The van der Waals surface area contributed by atoms with Crippen LogP contribution in [0, 0.1) is 5.82 Å². The van der Waals surface area contributed by atoms with E-state index in [4.69, 9.17) is 14.6 Å². The van der Waals surface area contributed by atoms with Gasteiger partial charge in [-0.2, -0.15) is 0 Å². The van der Waals surface area contributed by atoms with E-state index < -0.39 is 5.82 Å². The molecule has 0 aliphatic heterocycles. The van der Waals surface area contributed by atoms with Crippen LogP contribution in [0.3, 0.4) is 0 Å². The van der Waals surface area contributed by atoms with Crippen molar-refractivity contribution in [1.82, 2.24) is 5.32 Å². The second kappa shape index (κ2) is 8.44. The number of halogens is 1. The molecule has 1 amide bonds. The number of carbonyl (C=O) groups excluding carboxylic acids is 1. The van der Waals surface area contributed by atoms with Crippen molar-refractivity contribution in [2.24, 2.45) is 0 Å². The molecule has 1 rings (SSSR count). The molecular weight excluding hydrogens is 253 g/mol. The summed E-state index contributed by atoms with van der Waals surface area (Å²) in [4.78, 5) is 11.4. The van der Waals surface area contributed by atoms with Crippen LogP contribution in [0.4, 0.5) is 4.39 Å². The molecule has 0 saturated heterocycles. The Balaban J connectivity index is 2.35. The van der Waals surface area contributed by atoms with Crippen molar-refractivity contribution in [3.8, 4) is 5.75 Å². The van der Waals surface area contributed by atoms with Crippen molar-refractivity contribution < 1.29 is 23.8 Å². The van der Waals surface area contributed by atoms with Crippen molar-refractivity contribution in [1.29, 1.82) is 0 Å². The van der Waals surface area contributed by atoms with Crippen LogP contribution in [0.1, 0.15) is 12.0 Å². The van der Waals surface area contributed by atoms with E-state index in [0.29, 0.717) is 18.7 Å². The van der Waals surface area contributed by atoms with Gasteiger partial charge in [0.2, 0.25) is 0 Å². The lowest BCUT2D eigenvalue weighted by atomic mass is 10.2. The maximum Gasteiger partial charge on any atom is 0.257 e. The molecule has 5 nitrogen and oxygen atoms in total. The average molecular weight is 271 g/mol. The highest BCUT2D eigenvalue weighted by molar-refractivity contribution is 5.77. The minimum Gasteiger partial charge on any atom is -0.484 e. The number of rotatable bonds is 8. The van der Waals surface area contributed by atoms with Gasteiger partial charge in [-0.3, -0.25) is 4.79 Å². The van der Waals surface area contributed by atoms with Gasteiger partial charge in [0, 0.05) is 26.3 Å². The molecule has 0 heterocycles. The minimum absolute atomic E-state index is 0.193. The molecule has 1 aromatic rings. The fourth-order valence-electron chi connectivity index (χ4n) is 1.44. The molecular formula is C13H18FNO4. The summed E-state index contributed by atoms with van der Waals surface area (Å²) in [6.45, 7) is 0.602. The SMILES string of the molecule is COCCCNC(=O)COc1cc(F)cc(CO)c1. The smallest absolute Gasteiger partial charge is 0.257 e. The largest absolute Gasteiger partial charge is 0.484 e. The van der Waals surface area contributed by atoms with Crippen LogP contribution in [0.25, 0.3) is 0 Å². The van der Waals surface area contributed by atoms with Crippen LogP contribution in [0.2, 0.25) is 0 Å². The number of carbonyl (C=O) groups is 1. The maximum atomic E-state index is 13.1. The quantitative estimate of drug-likeness (QED) is 0.688. The van der Waals surface area contributed by atoms with E-state index in [9.17, 15) is 9.18 Å². The van der Waals surface area contributed by atoms with Crippen LogP contribution in [-0.4, -0.2) is 37.9 Å². The maximum absolute atomic E-state index is 13.1. The van der Waals surface area contributed by atoms with Gasteiger partial charge in [-0.25, -0.2) is 4.39 Å². The second-order valence-electron chi connectivity index (χ2n) is 3.94. The molecule has 6 heteroatoms. The highest BCUT2D eigenvalue weighted by Crippen LogP contribution is 2.16. The van der Waals surface area contributed by atoms with Gasteiger partial charge in [-0.05, 0) is 24.1 Å². The summed E-state index contributed by atoms with van der Waals surface area (Å²) in [5, 5.41) is 11.6. The molecule has 0 spiro atoms. The van der Waals surface area contributed by atoms with E-state index in [0.717, 1.165) is 12.5 Å². The molecule has 0 aliphatic rings. The molecule has 0 radical (unpaired) electrons. The van der Waals surface area contributed by atoms with Gasteiger partial charge < -0.3 is 19.9 Å². The van der Waals surface area contributed by atoms with E-state index in [1.54, 1.807) is 7.11 Å². The zero-order valence-corrected chi connectivity index (χ0v) is 10.8. The summed E-state index contributed by atoms with van der Waals surface area (Å²) >= 11 is 0. The molecule has 106 valence electrons. The molecule has 0 unspecified atom stereocenters. The lowest BCUT2D eigenvalue weighted by Gasteiger charge is -2.08. The Morgan fingerprint density at radius 2 is 2.21 bits per heavy atom. The summed E-state index contributed by atoms with van der Waals surface area (Å²) in [6, 6.07) is 3.86. The monoisotopic (exact) mass is 271 g/mol. The van der Waals surface area contributed by atoms with Crippen LogP contribution in [0.5, 0.6) is 5.75 Å². The first-order valence-corrected chi connectivity index (χ1v) is 5.94. The molecule has 0 atom stereocenters. The number of benzene rings is 1. The van der Waals surface area contributed by atoms with Crippen molar-refractivity contribution in [3.63, 3.8) is 0 Å². The number of hydrogen-bond acceptors (Lipinski definition) is 4. The van der Waals surface area contributed by atoms with Crippen molar-refractivity contribution >= 4 is 5.91 Å². The first-order valence-electron chi connectivity index (χ1n) is 5.94. The van der Waals surface area contributed by atoms with Crippen LogP contribution in [0.15, 0.2) is 18.2 Å². The second-order valence-corrected chi connectivity index (χ2v) is 3.94. The Morgan fingerprint density at radius 3 is 2.89 bits per heavy atom. The van der Waals surface area contributed by atoms with Crippen molar-refractivity contribution in [3.05, 3.63) is 29.6 Å². The Labute approximate surface area is 111 Å². The average Bonchev–Trinajstić information content (AvgIpc) is 2.40. The molecule has 0 aliphatic carbocycles. The number of hydrogen-bond donors (Lipinski definition) is 2. The number of aliphatic hydroxyl groups is 1. The minimum atomic E-state index is -0.512. The molecule has 0 bridgehead atoms.